The van der Waals surface area contributed by atoms with Crippen LogP contribution in [0.3, 0.4) is 0 Å². The molecule has 0 radical (unpaired) electrons. The number of hydrogen-bond acceptors (Lipinski definition) is 15. The lowest BCUT2D eigenvalue weighted by molar-refractivity contribution is -0.139. The first-order valence-electron chi connectivity index (χ1n) is 30.3. The number of alkyl halides is 6. The minimum absolute atomic E-state index is 0.0000931. The van der Waals surface area contributed by atoms with Crippen molar-refractivity contribution in [3.8, 4) is 46.1 Å². The van der Waals surface area contributed by atoms with Crippen LogP contribution in [0.15, 0.2) is 191 Å². The average molecular weight is 1380 g/mol. The summed E-state index contributed by atoms with van der Waals surface area (Å²) in [5.74, 6) is 0.478. The maximum Gasteiger partial charge on any atom is 0.416 e. The lowest BCUT2D eigenvalue weighted by Gasteiger charge is -2.21. The number of carbonyl (C=O) groups excluding carboxylic acids is 5. The standard InChI is InChI=1S/C37H29F3N4O6.C36H30F3N5O7/c1-23-3-5-24(6-4-23)9-18-33-42-35(43-50-33)26-10-7-25(8-11-26)21-44(22-34(46)47)36(48)27-12-15-29(16-13-27)41-32(45)19-28-14-17-30(49-2)20-31(28)37(38,39)40;1-21-3-12-27(13-4-21)41-33(48)34-42-32(43-51-34)23-7-5-22(6-8-23)19-44(20-31(46)47)35(49)24-9-14-26(15-10-24)40-30(45)17-25-11-16-28(50-2)18-29(25)36(37,38)39/h3-8,10-17,20H,19,21-22H2,1-2H3,(H,41,45)(H,46,47);3-16,18H,17,19-20H2,1-2H3,(H,40,45)(H,41,48)(H,46,47). The highest BCUT2D eigenvalue weighted by Gasteiger charge is 2.36. The summed E-state index contributed by atoms with van der Waals surface area (Å²) in [4.78, 5) is 98.4. The van der Waals surface area contributed by atoms with Gasteiger partial charge in [-0.3, -0.25) is 33.6 Å². The smallest absolute Gasteiger partial charge is 0.416 e. The molecule has 0 aliphatic carbocycles. The van der Waals surface area contributed by atoms with Crippen LogP contribution in [0.5, 0.6) is 11.5 Å². The highest BCUT2D eigenvalue weighted by molar-refractivity contribution is 6.01. The van der Waals surface area contributed by atoms with E-state index in [0.29, 0.717) is 33.8 Å². The fraction of sp³-hybridized carbons (Fsp3) is 0.164. The highest BCUT2D eigenvalue weighted by Crippen LogP contribution is 2.37. The van der Waals surface area contributed by atoms with E-state index < -0.39 is 90.9 Å². The molecule has 0 unspecified atom stereocenters. The minimum Gasteiger partial charge on any atom is -0.497 e. The second kappa shape index (κ2) is 32.4. The zero-order valence-electron chi connectivity index (χ0n) is 53.9. The van der Waals surface area contributed by atoms with Crippen LogP contribution in [-0.2, 0) is 57.5 Å². The van der Waals surface area contributed by atoms with Gasteiger partial charge in [-0.05, 0) is 133 Å². The summed E-state index contributed by atoms with van der Waals surface area (Å²) >= 11 is 0. The molecule has 0 fully saturated rings. The summed E-state index contributed by atoms with van der Waals surface area (Å²) in [6.07, 6.45) is -10.5. The van der Waals surface area contributed by atoms with Crippen molar-refractivity contribution in [3.05, 3.63) is 255 Å². The summed E-state index contributed by atoms with van der Waals surface area (Å²) in [5.41, 5.74) is 4.11. The van der Waals surface area contributed by atoms with Gasteiger partial charge in [-0.2, -0.15) is 36.3 Å². The number of anilines is 3. The molecular weight excluding hydrogens is 1320 g/mol. The van der Waals surface area contributed by atoms with Crippen molar-refractivity contribution < 1.29 is 88.6 Å². The molecule has 0 spiro atoms. The summed E-state index contributed by atoms with van der Waals surface area (Å²) < 4.78 is 101. The second-order valence-corrected chi connectivity index (χ2v) is 22.4. The van der Waals surface area contributed by atoms with Crippen molar-refractivity contribution in [2.75, 3.05) is 43.3 Å². The Bertz CT molecular complexity index is 4710. The number of carbonyl (C=O) groups is 7. The molecule has 0 atom stereocenters. The quantitative estimate of drug-likeness (QED) is 0.0311. The second-order valence-electron chi connectivity index (χ2n) is 22.4. The molecule has 28 heteroatoms. The third-order valence-electron chi connectivity index (χ3n) is 14.9. The Balaban J connectivity index is 0.000000235. The number of benzene rings is 8. The topological polar surface area (TPSA) is 299 Å². The van der Waals surface area contributed by atoms with E-state index in [-0.39, 0.29) is 75.8 Å². The first kappa shape index (κ1) is 72.3. The molecule has 10 aromatic rings. The lowest BCUT2D eigenvalue weighted by atomic mass is 10.0. The van der Waals surface area contributed by atoms with E-state index in [1.54, 1.807) is 60.7 Å². The number of carboxylic acids is 2. The van der Waals surface area contributed by atoms with Gasteiger partial charge in [-0.15, -0.1) is 0 Å². The van der Waals surface area contributed by atoms with E-state index in [2.05, 4.69) is 48.1 Å². The van der Waals surface area contributed by atoms with E-state index >= 15 is 0 Å². The van der Waals surface area contributed by atoms with Crippen LogP contribution in [0, 0.1) is 25.7 Å². The molecule has 5 N–H and O–H groups in total. The van der Waals surface area contributed by atoms with Gasteiger partial charge in [0.25, 0.3) is 11.8 Å². The van der Waals surface area contributed by atoms with Crippen molar-refractivity contribution in [2.24, 2.45) is 0 Å². The van der Waals surface area contributed by atoms with Crippen molar-refractivity contribution in [1.82, 2.24) is 30.1 Å². The number of aryl methyl sites for hydroxylation is 2. The average Bonchev–Trinajstić information content (AvgIpc) is 1.46. The number of halogens is 6. The molecule has 2 aromatic heterocycles. The van der Waals surface area contributed by atoms with Gasteiger partial charge in [0.1, 0.15) is 24.6 Å². The van der Waals surface area contributed by atoms with Crippen molar-refractivity contribution in [3.63, 3.8) is 0 Å². The van der Waals surface area contributed by atoms with Crippen LogP contribution in [0.25, 0.3) is 22.8 Å². The third-order valence-corrected chi connectivity index (χ3v) is 14.9. The van der Waals surface area contributed by atoms with E-state index in [9.17, 15) is 70.1 Å². The van der Waals surface area contributed by atoms with Gasteiger partial charge in [0.05, 0.1) is 38.2 Å². The molecule has 8 aromatic carbocycles. The first-order chi connectivity index (χ1) is 48.2. The molecule has 101 heavy (non-hydrogen) atoms. The molecule has 22 nitrogen and oxygen atoms in total. The summed E-state index contributed by atoms with van der Waals surface area (Å²) in [5, 5.41) is 34.5. The third kappa shape index (κ3) is 20.3. The minimum atomic E-state index is -4.70. The molecule has 516 valence electrons. The lowest BCUT2D eigenvalue weighted by Crippen LogP contribution is -2.35. The number of carboxylic acid groups (broad SMARTS) is 2. The molecule has 2 heterocycles. The molecule has 0 saturated heterocycles. The van der Waals surface area contributed by atoms with Gasteiger partial charge in [0.15, 0.2) is 0 Å². The number of amides is 5. The largest absolute Gasteiger partial charge is 0.497 e. The highest BCUT2D eigenvalue weighted by atomic mass is 19.4. The molecule has 0 aliphatic heterocycles. The number of nitrogens with zero attached hydrogens (tertiary/aromatic N) is 6. The van der Waals surface area contributed by atoms with E-state index in [0.717, 1.165) is 38.6 Å². The maximum atomic E-state index is 13.5. The Morgan fingerprint density at radius 2 is 0.881 bits per heavy atom. The fourth-order valence-electron chi connectivity index (χ4n) is 9.81. The van der Waals surface area contributed by atoms with E-state index in [4.69, 9.17) is 18.5 Å². The van der Waals surface area contributed by atoms with E-state index in [1.807, 2.05) is 50.2 Å². The van der Waals surface area contributed by atoms with Crippen LogP contribution in [0.4, 0.5) is 43.4 Å². The molecule has 5 amide bonds. The fourth-order valence-corrected chi connectivity index (χ4v) is 9.81. The van der Waals surface area contributed by atoms with Gasteiger partial charge in [-0.1, -0.05) is 112 Å². The van der Waals surface area contributed by atoms with Gasteiger partial charge in [0, 0.05) is 63.9 Å². The Morgan fingerprint density at radius 1 is 0.485 bits per heavy atom. The van der Waals surface area contributed by atoms with Crippen LogP contribution in [0.2, 0.25) is 0 Å². The van der Waals surface area contributed by atoms with Crippen LogP contribution < -0.4 is 25.4 Å². The molecular formula is C73H59F6N9O13. The predicted molar refractivity (Wildman–Crippen MR) is 354 cm³/mol. The zero-order chi connectivity index (χ0) is 72.5. The van der Waals surface area contributed by atoms with Crippen molar-refractivity contribution in [1.29, 1.82) is 0 Å². The summed E-state index contributed by atoms with van der Waals surface area (Å²) in [6.45, 7) is 2.58. The number of aromatic nitrogens is 4. The normalized spacial score (nSPS) is 11.0. The number of rotatable bonds is 22. The number of nitrogens with one attached hydrogen (secondary N) is 3. The Labute approximate surface area is 571 Å². The maximum absolute atomic E-state index is 13.5. The molecule has 0 saturated carbocycles. The molecule has 0 aliphatic rings. The first-order valence-corrected chi connectivity index (χ1v) is 30.3. The predicted octanol–water partition coefficient (Wildman–Crippen LogP) is 12.6. The van der Waals surface area contributed by atoms with Crippen LogP contribution >= 0.6 is 0 Å². The molecule has 0 bridgehead atoms. The van der Waals surface area contributed by atoms with E-state index in [1.165, 1.54) is 87.0 Å². The number of ether oxygens (including phenoxy) is 2. The van der Waals surface area contributed by atoms with Gasteiger partial charge in [0.2, 0.25) is 23.5 Å². The van der Waals surface area contributed by atoms with Gasteiger partial charge in [-0.25, -0.2) is 0 Å². The molecule has 10 rings (SSSR count). The number of methoxy groups -OCH3 is 2. The van der Waals surface area contributed by atoms with Gasteiger partial charge >= 0.3 is 42.0 Å². The Morgan fingerprint density at radius 3 is 1.30 bits per heavy atom. The Kier molecular flexibility index (Phi) is 23.2. The SMILES string of the molecule is COc1ccc(CC(=O)Nc2ccc(C(=O)N(CC(=O)O)Cc3ccc(-c4noc(C#Cc5ccc(C)cc5)n4)cc3)cc2)c(C(F)(F)F)c1.COc1ccc(CC(=O)Nc2ccc(C(=O)N(CC(=O)O)Cc3ccc(-c4noc(C(=O)Nc5ccc(C)cc5)n4)cc3)cc2)c(C(F)(F)F)c1. The van der Waals surface area contributed by atoms with Crippen molar-refractivity contribution >= 4 is 58.5 Å². The summed E-state index contributed by atoms with van der Waals surface area (Å²) in [6, 6.07) is 46.0. The number of aliphatic carboxylic acids is 2. The van der Waals surface area contributed by atoms with Crippen LogP contribution in [-0.4, -0.2) is 109 Å². The van der Waals surface area contributed by atoms with Gasteiger partial charge < -0.3 is 54.5 Å². The number of hydrogen-bond donors (Lipinski definition) is 5. The van der Waals surface area contributed by atoms with Crippen molar-refractivity contribution in [2.45, 2.75) is 52.1 Å². The Hall–Kier alpha value is -12.9. The van der Waals surface area contributed by atoms with Crippen LogP contribution in [0.1, 0.15) is 87.4 Å². The monoisotopic (exact) mass is 1380 g/mol. The zero-order valence-corrected chi connectivity index (χ0v) is 53.9. The summed E-state index contributed by atoms with van der Waals surface area (Å²) in [7, 11) is 2.48.